The van der Waals surface area contributed by atoms with Crippen LogP contribution in [-0.2, 0) is 7.05 Å². The number of hydrogen-bond acceptors (Lipinski definition) is 8. The Hall–Kier alpha value is -4.93. The van der Waals surface area contributed by atoms with Crippen molar-refractivity contribution in [1.29, 1.82) is 0 Å². The van der Waals surface area contributed by atoms with Gasteiger partial charge in [0.2, 0.25) is 5.88 Å². The fraction of sp³-hybridized carbons (Fsp3) is 0.222. The number of nitrogens with one attached hydrogen (secondary N) is 1. The number of ether oxygens (including phenoxy) is 2. The predicted octanol–water partition coefficient (Wildman–Crippen LogP) is 4.89. The molecule has 11 heteroatoms. The van der Waals surface area contributed by atoms with Gasteiger partial charge in [0, 0.05) is 37.8 Å². The van der Waals surface area contributed by atoms with E-state index in [1.165, 1.54) is 11.2 Å². The fourth-order valence-corrected chi connectivity index (χ4v) is 4.53. The van der Waals surface area contributed by atoms with Crippen molar-refractivity contribution in [3.05, 3.63) is 66.7 Å². The van der Waals surface area contributed by atoms with Crippen molar-refractivity contribution in [1.82, 2.24) is 29.4 Å². The van der Waals surface area contributed by atoms with E-state index in [-0.39, 0.29) is 6.10 Å². The first kappa shape index (κ1) is 23.5. The number of nitrogens with zero attached hydrogens (tertiary/aromatic N) is 6. The summed E-state index contributed by atoms with van der Waals surface area (Å²) in [5.74, 6) is 2.39. The lowest BCUT2D eigenvalue weighted by Gasteiger charge is -2.15. The molecule has 1 aliphatic rings. The van der Waals surface area contributed by atoms with E-state index in [1.54, 1.807) is 12.4 Å². The number of carbonyl (C=O) groups is 1. The van der Waals surface area contributed by atoms with Gasteiger partial charge in [0.25, 0.3) is 0 Å². The normalized spacial score (nSPS) is 15.2. The minimum absolute atomic E-state index is 0.245. The van der Waals surface area contributed by atoms with Gasteiger partial charge in [-0.05, 0) is 48.9 Å². The number of carboxylic acid groups (broad SMARTS) is 1. The van der Waals surface area contributed by atoms with Gasteiger partial charge in [0.05, 0.1) is 29.4 Å². The number of imidazole rings is 1. The molecule has 6 rings (SSSR count). The van der Waals surface area contributed by atoms with Crippen molar-refractivity contribution in [2.24, 2.45) is 7.05 Å². The van der Waals surface area contributed by atoms with Gasteiger partial charge in [0.15, 0.2) is 5.82 Å². The van der Waals surface area contributed by atoms with Gasteiger partial charge in [-0.2, -0.15) is 0 Å². The number of fused-ring (bicyclic) bond motifs is 2. The van der Waals surface area contributed by atoms with Crippen molar-refractivity contribution in [3.63, 3.8) is 0 Å². The maximum Gasteiger partial charge on any atom is 0.407 e. The lowest BCUT2D eigenvalue weighted by Crippen LogP contribution is -2.29. The quantitative estimate of drug-likeness (QED) is 0.328. The number of likely N-dealkylation sites (tertiary alicyclic amines) is 1. The number of benzene rings is 2. The Kier molecular flexibility index (Phi) is 5.87. The van der Waals surface area contributed by atoms with E-state index in [9.17, 15) is 9.90 Å². The summed E-state index contributed by atoms with van der Waals surface area (Å²) in [6.07, 6.45) is 2.69. The van der Waals surface area contributed by atoms with Gasteiger partial charge in [-0.25, -0.2) is 24.7 Å². The molecule has 1 saturated heterocycles. The molecule has 1 atom stereocenters. The van der Waals surface area contributed by atoms with Crippen molar-refractivity contribution in [2.45, 2.75) is 19.4 Å². The molecule has 2 aromatic carbocycles. The summed E-state index contributed by atoms with van der Waals surface area (Å²) in [4.78, 5) is 30.3. The number of aryl methyl sites for hydroxylation is 2. The van der Waals surface area contributed by atoms with Gasteiger partial charge in [-0.15, -0.1) is 0 Å². The average molecular weight is 512 g/mol. The number of anilines is 2. The highest BCUT2D eigenvalue weighted by Gasteiger charge is 2.27. The van der Waals surface area contributed by atoms with Crippen LogP contribution in [-0.4, -0.2) is 59.8 Å². The molecule has 2 N–H and O–H groups in total. The van der Waals surface area contributed by atoms with Crippen LogP contribution in [0.3, 0.4) is 0 Å². The highest BCUT2D eigenvalue weighted by atomic mass is 16.5. The average Bonchev–Trinajstić information content (AvgIpc) is 3.53. The van der Waals surface area contributed by atoms with Crippen molar-refractivity contribution < 1.29 is 19.4 Å². The second-order valence-corrected chi connectivity index (χ2v) is 9.21. The number of amides is 1. The third-order valence-electron chi connectivity index (χ3n) is 6.52. The lowest BCUT2D eigenvalue weighted by atomic mass is 10.2. The summed E-state index contributed by atoms with van der Waals surface area (Å²) >= 11 is 0. The Labute approximate surface area is 217 Å². The maximum absolute atomic E-state index is 11.2. The Morgan fingerprint density at radius 2 is 1.97 bits per heavy atom. The van der Waals surface area contributed by atoms with E-state index in [0.29, 0.717) is 48.0 Å². The fourth-order valence-electron chi connectivity index (χ4n) is 4.53. The van der Waals surface area contributed by atoms with E-state index in [4.69, 9.17) is 9.47 Å². The molecule has 192 valence electrons. The highest BCUT2D eigenvalue weighted by Crippen LogP contribution is 2.31. The summed E-state index contributed by atoms with van der Waals surface area (Å²) in [7, 11) is 1.96. The van der Waals surface area contributed by atoms with E-state index < -0.39 is 6.09 Å². The number of rotatable bonds is 6. The first-order valence-corrected chi connectivity index (χ1v) is 12.2. The third kappa shape index (κ3) is 4.61. The molecule has 11 nitrogen and oxygen atoms in total. The zero-order valence-corrected chi connectivity index (χ0v) is 20.8. The van der Waals surface area contributed by atoms with Crippen LogP contribution in [0.5, 0.6) is 17.4 Å². The van der Waals surface area contributed by atoms with Crippen LogP contribution < -0.4 is 14.8 Å². The predicted molar refractivity (Wildman–Crippen MR) is 141 cm³/mol. The number of hydrogen-bond donors (Lipinski definition) is 2. The Bertz CT molecular complexity index is 1670. The summed E-state index contributed by atoms with van der Waals surface area (Å²) in [5, 5.41) is 12.5. The van der Waals surface area contributed by atoms with Gasteiger partial charge >= 0.3 is 6.09 Å². The molecule has 1 fully saturated rings. The summed E-state index contributed by atoms with van der Waals surface area (Å²) in [6.45, 7) is 2.74. The van der Waals surface area contributed by atoms with Gasteiger partial charge < -0.3 is 29.4 Å². The molecule has 0 unspecified atom stereocenters. The molecule has 1 aliphatic heterocycles. The van der Waals surface area contributed by atoms with Gasteiger partial charge in [0.1, 0.15) is 29.4 Å². The molecule has 5 aromatic rings. The topological polar surface area (TPSA) is 128 Å². The summed E-state index contributed by atoms with van der Waals surface area (Å²) in [6, 6.07) is 15.2. The first-order valence-electron chi connectivity index (χ1n) is 12.2. The largest absolute Gasteiger partial charge is 0.472 e. The van der Waals surface area contributed by atoms with Crippen LogP contribution in [0.1, 0.15) is 12.0 Å². The van der Waals surface area contributed by atoms with Crippen LogP contribution in [0.4, 0.5) is 16.3 Å². The van der Waals surface area contributed by atoms with Crippen LogP contribution in [0.25, 0.3) is 22.1 Å². The highest BCUT2D eigenvalue weighted by molar-refractivity contribution is 5.87. The Balaban J connectivity index is 1.20. The van der Waals surface area contributed by atoms with Crippen LogP contribution in [0.15, 0.2) is 61.2 Å². The summed E-state index contributed by atoms with van der Waals surface area (Å²) < 4.78 is 14.1. The monoisotopic (exact) mass is 511 g/mol. The van der Waals surface area contributed by atoms with E-state index in [1.807, 2.05) is 61.0 Å². The van der Waals surface area contributed by atoms with Crippen LogP contribution in [0.2, 0.25) is 0 Å². The van der Waals surface area contributed by atoms with Gasteiger partial charge in [-0.1, -0.05) is 0 Å². The molecule has 0 spiro atoms. The molecule has 0 saturated carbocycles. The molecular formula is C27H25N7O4. The molecular weight excluding hydrogens is 486 g/mol. The smallest absolute Gasteiger partial charge is 0.407 e. The van der Waals surface area contributed by atoms with E-state index in [0.717, 1.165) is 28.0 Å². The molecule has 38 heavy (non-hydrogen) atoms. The molecule has 3 aromatic heterocycles. The lowest BCUT2D eigenvalue weighted by molar-refractivity contribution is 0.144. The zero-order chi connectivity index (χ0) is 26.2. The molecule has 1 amide bonds. The molecule has 0 aliphatic carbocycles. The first-order chi connectivity index (χ1) is 18.4. The Morgan fingerprint density at radius 1 is 1.08 bits per heavy atom. The van der Waals surface area contributed by atoms with Crippen molar-refractivity contribution in [2.75, 3.05) is 18.4 Å². The van der Waals surface area contributed by atoms with Crippen LogP contribution >= 0.6 is 0 Å². The zero-order valence-electron chi connectivity index (χ0n) is 20.8. The third-order valence-corrected chi connectivity index (χ3v) is 6.52. The minimum Gasteiger partial charge on any atom is -0.472 e. The van der Waals surface area contributed by atoms with Gasteiger partial charge in [-0.3, -0.25) is 0 Å². The molecule has 0 radical (unpaired) electrons. The second-order valence-electron chi connectivity index (χ2n) is 9.21. The standard InChI is InChI=1S/C27H25N7O4/c1-16-11-17(3-7-23(16)37-18-4-6-22-21(12-18)30-15-33(22)2)31-26-25-20(28-14-29-26)5-8-24(32-25)38-19-9-10-34(13-19)27(35)36/h3-8,11-12,14-15,19H,9-10,13H2,1-2H3,(H,35,36)(H,28,29,31)/t19-/m0/s1. The van der Waals surface area contributed by atoms with Crippen LogP contribution in [0, 0.1) is 6.92 Å². The molecule has 0 bridgehead atoms. The summed E-state index contributed by atoms with van der Waals surface area (Å²) in [5.41, 5.74) is 4.89. The van der Waals surface area contributed by atoms with Crippen molar-refractivity contribution in [3.8, 4) is 17.4 Å². The minimum atomic E-state index is -0.941. The SMILES string of the molecule is Cc1cc(Nc2ncnc3ccc(O[C@H]4CCN(C(=O)O)C4)nc23)ccc1Oc1ccc2c(c1)ncn2C. The Morgan fingerprint density at radius 3 is 2.79 bits per heavy atom. The van der Waals surface area contributed by atoms with E-state index >= 15 is 0 Å². The second kappa shape index (κ2) is 9.51. The van der Waals surface area contributed by atoms with E-state index in [2.05, 4.69) is 25.3 Å². The number of aromatic nitrogens is 5. The maximum atomic E-state index is 11.2. The molecule has 4 heterocycles. The van der Waals surface area contributed by atoms with Crippen molar-refractivity contribution >= 4 is 39.7 Å². The number of pyridine rings is 1.